The van der Waals surface area contributed by atoms with Gasteiger partial charge in [-0.25, -0.2) is 8.42 Å². The summed E-state index contributed by atoms with van der Waals surface area (Å²) < 4.78 is 31.1. The van der Waals surface area contributed by atoms with Crippen molar-refractivity contribution in [1.29, 1.82) is 0 Å². The largest absolute Gasteiger partial charge is 0.379 e. The van der Waals surface area contributed by atoms with Crippen molar-refractivity contribution < 1.29 is 13.2 Å². The summed E-state index contributed by atoms with van der Waals surface area (Å²) in [6.45, 7) is 3.73. The molecule has 0 aromatic heterocycles. The van der Waals surface area contributed by atoms with Crippen molar-refractivity contribution in [1.82, 2.24) is 9.62 Å². The number of nitrogens with one attached hydrogen (secondary N) is 1. The fourth-order valence-corrected chi connectivity index (χ4v) is 4.02. The lowest BCUT2D eigenvalue weighted by Crippen LogP contribution is -2.48. The Morgan fingerprint density at radius 1 is 1.13 bits per heavy atom. The van der Waals surface area contributed by atoms with Crippen LogP contribution in [0.2, 0.25) is 0 Å². The lowest BCUT2D eigenvalue weighted by atomic mass is 10.2. The maximum atomic E-state index is 12.2. The van der Waals surface area contributed by atoms with Crippen LogP contribution in [0.5, 0.6) is 0 Å². The number of morpholine rings is 1. The van der Waals surface area contributed by atoms with Gasteiger partial charge in [-0.3, -0.25) is 0 Å². The molecule has 5 nitrogen and oxygen atoms in total. The molecular formula is C9H18N2O3S. The molecule has 1 N–H and O–H groups in total. The first-order chi connectivity index (χ1) is 7.21. The molecule has 15 heavy (non-hydrogen) atoms. The van der Waals surface area contributed by atoms with Crippen molar-refractivity contribution in [3.05, 3.63) is 0 Å². The number of hydrogen-bond donors (Lipinski definition) is 1. The highest BCUT2D eigenvalue weighted by Crippen LogP contribution is 2.18. The predicted molar refractivity (Wildman–Crippen MR) is 57.2 cm³/mol. The van der Waals surface area contributed by atoms with E-state index in [0.29, 0.717) is 26.3 Å². The number of ether oxygens (including phenoxy) is 1. The van der Waals surface area contributed by atoms with Gasteiger partial charge in [0, 0.05) is 13.1 Å². The molecule has 88 valence electrons. The third-order valence-electron chi connectivity index (χ3n) is 3.04. The lowest BCUT2D eigenvalue weighted by Gasteiger charge is -2.32. The highest BCUT2D eigenvalue weighted by molar-refractivity contribution is 7.89. The van der Waals surface area contributed by atoms with Crippen molar-refractivity contribution in [3.63, 3.8) is 0 Å². The zero-order valence-electron chi connectivity index (χ0n) is 8.81. The average molecular weight is 234 g/mol. The number of sulfonamides is 1. The summed E-state index contributed by atoms with van der Waals surface area (Å²) in [5, 5.41) is 3.00. The Labute approximate surface area is 90.8 Å². The minimum atomic E-state index is -3.07. The van der Waals surface area contributed by atoms with Crippen LogP contribution in [0.25, 0.3) is 0 Å². The Morgan fingerprint density at radius 2 is 1.73 bits per heavy atom. The van der Waals surface area contributed by atoms with Gasteiger partial charge in [-0.15, -0.1) is 0 Å². The molecule has 2 fully saturated rings. The molecule has 0 aromatic rings. The molecular weight excluding hydrogens is 216 g/mol. The fourth-order valence-electron chi connectivity index (χ4n) is 2.11. The summed E-state index contributed by atoms with van der Waals surface area (Å²) in [7, 11) is -3.07. The summed E-state index contributed by atoms with van der Waals surface area (Å²) in [4.78, 5) is 0. The van der Waals surface area contributed by atoms with Gasteiger partial charge in [0.25, 0.3) is 0 Å². The van der Waals surface area contributed by atoms with E-state index >= 15 is 0 Å². The molecule has 2 rings (SSSR count). The molecule has 0 atom stereocenters. The number of hydrogen-bond acceptors (Lipinski definition) is 4. The van der Waals surface area contributed by atoms with E-state index in [9.17, 15) is 8.42 Å². The standard InChI is InChI=1S/C9H18N2O3S/c12-15(13,9-1-3-10-4-2-9)11-5-7-14-8-6-11/h9-10H,1-8H2. The van der Waals surface area contributed by atoms with E-state index in [4.69, 9.17) is 4.74 Å². The number of nitrogens with zero attached hydrogens (tertiary/aromatic N) is 1. The van der Waals surface area contributed by atoms with Crippen LogP contribution in [0.1, 0.15) is 12.8 Å². The first-order valence-electron chi connectivity index (χ1n) is 5.49. The number of rotatable bonds is 2. The van der Waals surface area contributed by atoms with E-state index in [1.165, 1.54) is 0 Å². The molecule has 6 heteroatoms. The van der Waals surface area contributed by atoms with Crippen molar-refractivity contribution in [2.24, 2.45) is 0 Å². The average Bonchev–Trinajstić information content (AvgIpc) is 2.31. The third kappa shape index (κ3) is 2.50. The molecule has 0 unspecified atom stereocenters. The molecule has 2 aliphatic rings. The summed E-state index contributed by atoms with van der Waals surface area (Å²) >= 11 is 0. The normalized spacial score (nSPS) is 26.7. The minimum Gasteiger partial charge on any atom is -0.379 e. The van der Waals surface area contributed by atoms with Crippen LogP contribution in [0.4, 0.5) is 0 Å². The van der Waals surface area contributed by atoms with Gasteiger partial charge < -0.3 is 10.1 Å². The molecule has 2 aliphatic heterocycles. The van der Waals surface area contributed by atoms with E-state index in [0.717, 1.165) is 25.9 Å². The summed E-state index contributed by atoms with van der Waals surface area (Å²) in [5.41, 5.74) is 0. The van der Waals surface area contributed by atoms with Crippen LogP contribution in [-0.4, -0.2) is 57.4 Å². The van der Waals surface area contributed by atoms with E-state index in [-0.39, 0.29) is 5.25 Å². The van der Waals surface area contributed by atoms with E-state index in [2.05, 4.69) is 5.32 Å². The molecule has 0 spiro atoms. The van der Waals surface area contributed by atoms with Crippen LogP contribution in [0.3, 0.4) is 0 Å². The monoisotopic (exact) mass is 234 g/mol. The molecule has 2 heterocycles. The zero-order chi connectivity index (χ0) is 10.7. The van der Waals surface area contributed by atoms with Gasteiger partial charge in [0.2, 0.25) is 10.0 Å². The van der Waals surface area contributed by atoms with Gasteiger partial charge in [-0.1, -0.05) is 0 Å². The Bertz CT molecular complexity index is 268. The predicted octanol–water partition coefficient (Wildman–Crippen LogP) is -0.600. The van der Waals surface area contributed by atoms with Gasteiger partial charge in [0.1, 0.15) is 0 Å². The van der Waals surface area contributed by atoms with Crippen molar-refractivity contribution in [2.75, 3.05) is 39.4 Å². The molecule has 0 aliphatic carbocycles. The molecule has 0 amide bonds. The summed E-state index contributed by atoms with van der Waals surface area (Å²) in [6, 6.07) is 0. The Morgan fingerprint density at radius 3 is 2.33 bits per heavy atom. The van der Waals surface area contributed by atoms with Crippen molar-refractivity contribution in [3.8, 4) is 0 Å². The maximum absolute atomic E-state index is 12.2. The lowest BCUT2D eigenvalue weighted by molar-refractivity contribution is 0.0724. The van der Waals surface area contributed by atoms with Crippen LogP contribution in [0, 0.1) is 0 Å². The first-order valence-corrected chi connectivity index (χ1v) is 6.99. The smallest absolute Gasteiger partial charge is 0.217 e. The van der Waals surface area contributed by atoms with Crippen molar-refractivity contribution in [2.45, 2.75) is 18.1 Å². The number of piperidine rings is 1. The molecule has 0 bridgehead atoms. The highest BCUT2D eigenvalue weighted by Gasteiger charge is 2.33. The van der Waals surface area contributed by atoms with Gasteiger partial charge in [-0.2, -0.15) is 4.31 Å². The minimum absolute atomic E-state index is 0.183. The van der Waals surface area contributed by atoms with Crippen LogP contribution in [0.15, 0.2) is 0 Å². The Kier molecular flexibility index (Phi) is 3.60. The zero-order valence-corrected chi connectivity index (χ0v) is 9.63. The SMILES string of the molecule is O=S(=O)(C1CCNCC1)N1CCOCC1. The second kappa shape index (κ2) is 4.78. The molecule has 0 aromatic carbocycles. The van der Waals surface area contributed by atoms with Crippen LogP contribution >= 0.6 is 0 Å². The van der Waals surface area contributed by atoms with Gasteiger partial charge >= 0.3 is 0 Å². The van der Waals surface area contributed by atoms with Crippen LogP contribution in [-0.2, 0) is 14.8 Å². The summed E-state index contributed by atoms with van der Waals surface area (Å²) in [5.74, 6) is 0. The first kappa shape index (κ1) is 11.3. The summed E-state index contributed by atoms with van der Waals surface area (Å²) in [6.07, 6.45) is 1.47. The van der Waals surface area contributed by atoms with E-state index in [1.54, 1.807) is 4.31 Å². The Balaban J connectivity index is 2.03. The fraction of sp³-hybridized carbons (Fsp3) is 1.00. The van der Waals surface area contributed by atoms with Gasteiger partial charge in [0.05, 0.1) is 18.5 Å². The van der Waals surface area contributed by atoms with Gasteiger partial charge in [0.15, 0.2) is 0 Å². The Hall–Kier alpha value is -0.170. The van der Waals surface area contributed by atoms with E-state index < -0.39 is 10.0 Å². The topological polar surface area (TPSA) is 58.6 Å². The molecule has 0 radical (unpaired) electrons. The highest BCUT2D eigenvalue weighted by atomic mass is 32.2. The van der Waals surface area contributed by atoms with Gasteiger partial charge in [-0.05, 0) is 25.9 Å². The second-order valence-electron chi connectivity index (χ2n) is 4.01. The second-order valence-corrected chi connectivity index (χ2v) is 6.22. The molecule has 0 saturated carbocycles. The quantitative estimate of drug-likeness (QED) is 0.693. The maximum Gasteiger partial charge on any atom is 0.217 e. The van der Waals surface area contributed by atoms with Crippen LogP contribution < -0.4 is 5.32 Å². The molecule has 2 saturated heterocycles. The van der Waals surface area contributed by atoms with E-state index in [1.807, 2.05) is 0 Å². The van der Waals surface area contributed by atoms with Crippen molar-refractivity contribution >= 4 is 10.0 Å². The third-order valence-corrected chi connectivity index (χ3v) is 5.44.